The third-order valence-electron chi connectivity index (χ3n) is 10.8. The highest BCUT2D eigenvalue weighted by Gasteiger charge is 2.66. The van der Waals surface area contributed by atoms with Gasteiger partial charge >= 0.3 is 0 Å². The second-order valence-corrected chi connectivity index (χ2v) is 13.2. The van der Waals surface area contributed by atoms with Gasteiger partial charge in [-0.3, -0.25) is 29.0 Å². The first-order chi connectivity index (χ1) is 20.4. The molecule has 2 saturated carbocycles. The Bertz CT molecular complexity index is 1120. The number of allylic oxidation sites excluding steroid dienone is 6. The Labute approximate surface area is 248 Å². The average Bonchev–Trinajstić information content (AvgIpc) is 3.79. The molecular formula is C34H44N2O6. The first-order valence-corrected chi connectivity index (χ1v) is 15.8. The van der Waals surface area contributed by atoms with E-state index in [1.807, 2.05) is 12.2 Å². The van der Waals surface area contributed by atoms with E-state index >= 15 is 0 Å². The van der Waals surface area contributed by atoms with Gasteiger partial charge in [0, 0.05) is 50.3 Å². The molecule has 6 aliphatic rings. The normalized spacial score (nSPS) is 37.0. The summed E-state index contributed by atoms with van der Waals surface area (Å²) in [7, 11) is 0. The van der Waals surface area contributed by atoms with Gasteiger partial charge < -0.3 is 9.47 Å². The van der Waals surface area contributed by atoms with E-state index in [4.69, 9.17) is 9.47 Å². The van der Waals surface area contributed by atoms with Crippen LogP contribution >= 0.6 is 0 Å². The smallest absolute Gasteiger partial charge is 0.234 e. The number of amides is 4. The molecule has 8 atom stereocenters. The fourth-order valence-electron chi connectivity index (χ4n) is 9.10. The van der Waals surface area contributed by atoms with Gasteiger partial charge in [0.1, 0.15) is 0 Å². The van der Waals surface area contributed by atoms with Crippen molar-refractivity contribution in [2.24, 2.45) is 46.3 Å². The largest absolute Gasteiger partial charge is 0.381 e. The number of unbranched alkanes of at least 4 members (excludes halogenated alkanes) is 1. The second kappa shape index (κ2) is 11.7. The van der Waals surface area contributed by atoms with Gasteiger partial charge in [-0.05, 0) is 63.2 Å². The molecule has 4 bridgehead atoms. The highest BCUT2D eigenvalue weighted by Crippen LogP contribution is 2.62. The van der Waals surface area contributed by atoms with Crippen LogP contribution in [0.2, 0.25) is 0 Å². The molecule has 2 aliphatic heterocycles. The fourth-order valence-corrected chi connectivity index (χ4v) is 9.10. The van der Waals surface area contributed by atoms with Gasteiger partial charge in [-0.1, -0.05) is 36.5 Å². The minimum absolute atomic E-state index is 0.00974. The van der Waals surface area contributed by atoms with Crippen LogP contribution in [0, 0.1) is 46.3 Å². The zero-order chi connectivity index (χ0) is 29.5. The van der Waals surface area contributed by atoms with Crippen molar-refractivity contribution in [3.63, 3.8) is 0 Å². The number of likely N-dealkylation sites (tertiary alicyclic amines) is 2. The predicted octanol–water partition coefficient (Wildman–Crippen LogP) is 4.09. The molecule has 4 aliphatic carbocycles. The molecular weight excluding hydrogens is 532 g/mol. The van der Waals surface area contributed by atoms with E-state index in [2.05, 4.69) is 37.5 Å². The van der Waals surface area contributed by atoms with E-state index in [0.717, 1.165) is 38.5 Å². The molecule has 226 valence electrons. The number of hydrogen-bond acceptors (Lipinski definition) is 6. The van der Waals surface area contributed by atoms with Crippen LogP contribution in [0.1, 0.15) is 51.4 Å². The highest BCUT2D eigenvalue weighted by molar-refractivity contribution is 6.07. The Morgan fingerprint density at radius 1 is 0.667 bits per heavy atom. The summed E-state index contributed by atoms with van der Waals surface area (Å²) in [5.41, 5.74) is -0.434. The summed E-state index contributed by atoms with van der Waals surface area (Å²) in [5, 5.41) is 0. The topological polar surface area (TPSA) is 93.2 Å². The molecule has 8 unspecified atom stereocenters. The SMILES string of the molecule is C=CCC12C=CC(C1)C1C(=O)N(CCCOCCCCOCCCN3C(=O)C4C5C=CC(CC=C)(C5)C4C3=O)C(=O)C12. The number of nitrogens with zero attached hydrogens (tertiary/aromatic N) is 2. The summed E-state index contributed by atoms with van der Waals surface area (Å²) in [6.45, 7) is 10.8. The van der Waals surface area contributed by atoms with E-state index in [1.165, 1.54) is 9.80 Å². The lowest BCUT2D eigenvalue weighted by Gasteiger charge is -2.29. The molecule has 4 amide bonds. The third kappa shape index (κ3) is 4.66. The monoisotopic (exact) mass is 576 g/mol. The standard InChI is InChI=1S/C34H44N2O6/c1-3-11-33-13-9-23(21-33)25-27(33)31(39)35(29(25)37)15-7-19-41-17-5-6-18-42-20-8-16-36-30(38)26-24-10-14-34(22-24,12-4-2)28(26)32(36)40/h3-4,9-10,13-14,23-28H,1-2,5-8,11-12,15-22H2. The van der Waals surface area contributed by atoms with E-state index in [9.17, 15) is 19.2 Å². The molecule has 0 spiro atoms. The summed E-state index contributed by atoms with van der Waals surface area (Å²) in [6.07, 6.45) is 18.6. The number of carbonyl (C=O) groups is 4. The number of fused-ring (bicyclic) bond motifs is 10. The summed E-state index contributed by atoms with van der Waals surface area (Å²) >= 11 is 0. The first kappa shape index (κ1) is 29.2. The molecule has 0 aromatic rings. The lowest BCUT2D eigenvalue weighted by atomic mass is 9.73. The summed E-state index contributed by atoms with van der Waals surface area (Å²) < 4.78 is 11.5. The summed E-state index contributed by atoms with van der Waals surface area (Å²) in [5.74, 6) is -0.523. The molecule has 6 rings (SSSR count). The van der Waals surface area contributed by atoms with Gasteiger partial charge in [0.25, 0.3) is 0 Å². The number of ether oxygens (including phenoxy) is 2. The van der Waals surface area contributed by atoms with Crippen LogP contribution in [0.4, 0.5) is 0 Å². The Morgan fingerprint density at radius 3 is 1.48 bits per heavy atom. The van der Waals surface area contributed by atoms with Crippen LogP contribution < -0.4 is 0 Å². The zero-order valence-electron chi connectivity index (χ0n) is 24.6. The van der Waals surface area contributed by atoms with Gasteiger partial charge in [0.05, 0.1) is 23.7 Å². The molecule has 0 N–H and O–H groups in total. The van der Waals surface area contributed by atoms with Crippen molar-refractivity contribution in [1.29, 1.82) is 0 Å². The van der Waals surface area contributed by atoms with E-state index < -0.39 is 0 Å². The fraction of sp³-hybridized carbons (Fsp3) is 0.647. The Kier molecular flexibility index (Phi) is 8.13. The lowest BCUT2D eigenvalue weighted by molar-refractivity contribution is -0.143. The van der Waals surface area contributed by atoms with Crippen LogP contribution in [0.3, 0.4) is 0 Å². The maximum Gasteiger partial charge on any atom is 0.234 e. The van der Waals surface area contributed by atoms with Crippen LogP contribution in [0.15, 0.2) is 49.6 Å². The number of hydrogen-bond donors (Lipinski definition) is 0. The molecule has 42 heavy (non-hydrogen) atoms. The first-order valence-electron chi connectivity index (χ1n) is 15.8. The molecule has 2 heterocycles. The van der Waals surface area contributed by atoms with Crippen molar-refractivity contribution in [3.05, 3.63) is 49.6 Å². The van der Waals surface area contributed by atoms with Gasteiger partial charge in [-0.25, -0.2) is 0 Å². The zero-order valence-corrected chi connectivity index (χ0v) is 24.6. The molecule has 0 aromatic heterocycles. The van der Waals surface area contributed by atoms with Crippen molar-refractivity contribution in [2.45, 2.75) is 51.4 Å². The number of rotatable bonds is 17. The maximum absolute atomic E-state index is 13.1. The molecule has 2 saturated heterocycles. The van der Waals surface area contributed by atoms with Gasteiger partial charge in [-0.2, -0.15) is 0 Å². The number of carbonyl (C=O) groups excluding carboxylic acids is 4. The Hall–Kier alpha value is -2.84. The van der Waals surface area contributed by atoms with E-state index in [-0.39, 0.29) is 70.0 Å². The predicted molar refractivity (Wildman–Crippen MR) is 156 cm³/mol. The number of imide groups is 2. The molecule has 4 fully saturated rings. The van der Waals surface area contributed by atoms with Gasteiger partial charge in [0.15, 0.2) is 0 Å². The highest BCUT2D eigenvalue weighted by atomic mass is 16.5. The van der Waals surface area contributed by atoms with Crippen LogP contribution in [0.25, 0.3) is 0 Å². The van der Waals surface area contributed by atoms with Gasteiger partial charge in [-0.15, -0.1) is 13.2 Å². The summed E-state index contributed by atoms with van der Waals surface area (Å²) in [6, 6.07) is 0. The van der Waals surface area contributed by atoms with Crippen LogP contribution in [0.5, 0.6) is 0 Å². The van der Waals surface area contributed by atoms with Crippen molar-refractivity contribution in [1.82, 2.24) is 9.80 Å². The second-order valence-electron chi connectivity index (χ2n) is 13.2. The minimum Gasteiger partial charge on any atom is -0.381 e. The molecule has 8 nitrogen and oxygen atoms in total. The Balaban J connectivity index is 0.813. The van der Waals surface area contributed by atoms with Crippen LogP contribution in [-0.2, 0) is 28.7 Å². The van der Waals surface area contributed by atoms with Gasteiger partial charge in [0.2, 0.25) is 23.6 Å². The van der Waals surface area contributed by atoms with E-state index in [0.29, 0.717) is 52.4 Å². The molecule has 0 radical (unpaired) electrons. The maximum atomic E-state index is 13.1. The van der Waals surface area contributed by atoms with Crippen LogP contribution in [-0.4, -0.2) is 72.9 Å². The van der Waals surface area contributed by atoms with Crippen molar-refractivity contribution < 1.29 is 28.7 Å². The van der Waals surface area contributed by atoms with Crippen molar-refractivity contribution >= 4 is 23.6 Å². The third-order valence-corrected chi connectivity index (χ3v) is 10.8. The molecule has 8 heteroatoms. The lowest BCUT2D eigenvalue weighted by Crippen LogP contribution is -2.36. The van der Waals surface area contributed by atoms with E-state index in [1.54, 1.807) is 0 Å². The molecule has 0 aromatic carbocycles. The average molecular weight is 577 g/mol. The minimum atomic E-state index is -0.225. The quantitative estimate of drug-likeness (QED) is 0.147. The Morgan fingerprint density at radius 2 is 1.07 bits per heavy atom. The van der Waals surface area contributed by atoms with Crippen molar-refractivity contribution in [3.8, 4) is 0 Å². The summed E-state index contributed by atoms with van der Waals surface area (Å²) in [4.78, 5) is 55.2. The van der Waals surface area contributed by atoms with Crippen molar-refractivity contribution in [2.75, 3.05) is 39.5 Å².